The van der Waals surface area contributed by atoms with Gasteiger partial charge in [-0.3, -0.25) is 0 Å². The van der Waals surface area contributed by atoms with Crippen LogP contribution in [0.15, 0.2) is 22.6 Å². The number of nitrogen functional groups attached to an aromatic ring is 3. The fourth-order valence-electron chi connectivity index (χ4n) is 4.18. The second-order valence-corrected chi connectivity index (χ2v) is 9.62. The second-order valence-electron chi connectivity index (χ2n) is 7.41. The van der Waals surface area contributed by atoms with Crippen LogP contribution in [0.1, 0.15) is 32.6 Å². The van der Waals surface area contributed by atoms with E-state index in [-0.39, 0.29) is 36.9 Å². The molecule has 0 bridgehead atoms. The van der Waals surface area contributed by atoms with Crippen molar-refractivity contribution in [2.45, 2.75) is 32.6 Å². The molecule has 2 unspecified atom stereocenters. The summed E-state index contributed by atoms with van der Waals surface area (Å²) in [7, 11) is -3.40. The topological polar surface area (TPSA) is 182 Å². The van der Waals surface area contributed by atoms with E-state index in [1.807, 2.05) is 6.92 Å². The van der Waals surface area contributed by atoms with Crippen LogP contribution in [-0.2, 0) is 9.84 Å². The summed E-state index contributed by atoms with van der Waals surface area (Å²) in [5, 5.41) is 4.27. The number of rotatable bonds is 3. The van der Waals surface area contributed by atoms with Gasteiger partial charge in [0.05, 0.1) is 11.1 Å². The van der Waals surface area contributed by atoms with Crippen LogP contribution in [0.2, 0.25) is 0 Å². The molecule has 11 nitrogen and oxygen atoms in total. The van der Waals surface area contributed by atoms with E-state index < -0.39 is 15.2 Å². The molecule has 12 heteroatoms. The highest BCUT2D eigenvalue weighted by molar-refractivity contribution is 7.91. The van der Waals surface area contributed by atoms with Gasteiger partial charge < -0.3 is 21.6 Å². The Balaban J connectivity index is 0.00000231. The van der Waals surface area contributed by atoms with E-state index in [0.717, 1.165) is 0 Å². The Morgan fingerprint density at radius 1 is 1.19 bits per heavy atom. The van der Waals surface area contributed by atoms with E-state index in [1.54, 1.807) is 18.2 Å². The molecule has 3 aromatic heterocycles. The lowest BCUT2D eigenvalue weighted by Crippen LogP contribution is -2.22. The molecule has 0 saturated carbocycles. The number of hydrogen-bond acceptors (Lipinski definition) is 10. The predicted octanol–water partition coefficient (Wildman–Crippen LogP) is 2.36. The van der Waals surface area contributed by atoms with Crippen LogP contribution in [0.5, 0.6) is 0 Å². The average molecular weight is 445 g/mol. The lowest BCUT2D eigenvalue weighted by Gasteiger charge is -2.18. The van der Waals surface area contributed by atoms with Crippen molar-refractivity contribution in [2.24, 2.45) is 5.92 Å². The Morgan fingerprint density at radius 3 is 2.71 bits per heavy atom. The minimum Gasteiger partial charge on any atom is -0.424 e. The summed E-state index contributed by atoms with van der Waals surface area (Å²) in [4.78, 5) is 12.5. The van der Waals surface area contributed by atoms with Gasteiger partial charge in [-0.05, 0) is 30.5 Å². The molecule has 31 heavy (non-hydrogen) atoms. The lowest BCUT2D eigenvalue weighted by atomic mass is 10.0. The van der Waals surface area contributed by atoms with E-state index in [4.69, 9.17) is 21.6 Å². The molecule has 4 aromatic rings. The number of benzene rings is 1. The first-order chi connectivity index (χ1) is 14.3. The molecule has 1 aromatic carbocycles. The van der Waals surface area contributed by atoms with Crippen LogP contribution in [-0.4, -0.2) is 38.9 Å². The Morgan fingerprint density at radius 2 is 1.97 bits per heavy atom. The summed E-state index contributed by atoms with van der Waals surface area (Å²) in [6.45, 7) is 1.96. The molecule has 4 heterocycles. The van der Waals surface area contributed by atoms with Gasteiger partial charge in [0.1, 0.15) is 17.0 Å². The van der Waals surface area contributed by atoms with Crippen LogP contribution >= 0.6 is 0 Å². The Hall–Kier alpha value is -3.41. The van der Waals surface area contributed by atoms with Crippen molar-refractivity contribution in [3.8, 4) is 11.3 Å². The van der Waals surface area contributed by atoms with Crippen molar-refractivity contribution in [1.29, 1.82) is 0 Å². The second kappa shape index (κ2) is 7.08. The van der Waals surface area contributed by atoms with Crippen LogP contribution in [0, 0.1) is 5.92 Å². The summed E-state index contributed by atoms with van der Waals surface area (Å²) in [5.74, 6) is 0.103. The highest BCUT2D eigenvalue weighted by atomic mass is 32.2. The van der Waals surface area contributed by atoms with Crippen LogP contribution in [0.25, 0.3) is 33.4 Å². The molecule has 1 aliphatic rings. The summed E-state index contributed by atoms with van der Waals surface area (Å²) in [5.41, 5.74) is 20.1. The molecule has 6 N–H and O–H groups in total. The molecule has 0 amide bonds. The fourth-order valence-corrected chi connectivity index (χ4v) is 6.42. The molecule has 5 rings (SSSR count). The third-order valence-electron chi connectivity index (χ3n) is 5.58. The zero-order valence-corrected chi connectivity index (χ0v) is 16.9. The highest BCUT2D eigenvalue weighted by Crippen LogP contribution is 2.41. The number of hydrogen-bond donors (Lipinski definition) is 3. The van der Waals surface area contributed by atoms with E-state index in [0.29, 0.717) is 46.2 Å². The van der Waals surface area contributed by atoms with Crippen molar-refractivity contribution in [2.75, 3.05) is 23.0 Å². The normalized spacial score (nSPS) is 20.3. The first-order valence-electron chi connectivity index (χ1n) is 9.47. The molecule has 164 valence electrons. The maximum Gasteiger partial charge on any atom is 0.292 e. The molecule has 1 fully saturated rings. The molecule has 0 aliphatic carbocycles. The Bertz CT molecular complexity index is 1410. The zero-order valence-electron chi connectivity index (χ0n) is 16.1. The SMILES string of the molecule is C.CCC1CCS(=O)(=O)C1n1nc(-c2ccc3oc(N)nc3c2)c2c(N)nc(N)nc21. The van der Waals surface area contributed by atoms with Crippen molar-refractivity contribution < 1.29 is 12.8 Å². The lowest BCUT2D eigenvalue weighted by molar-refractivity contribution is 0.401. The van der Waals surface area contributed by atoms with Crippen molar-refractivity contribution in [3.05, 3.63) is 18.2 Å². The minimum atomic E-state index is -3.40. The number of nitrogens with zero attached hydrogens (tertiary/aromatic N) is 5. The maximum atomic E-state index is 12.9. The maximum absolute atomic E-state index is 12.9. The Labute approximate surface area is 178 Å². The van der Waals surface area contributed by atoms with E-state index in [2.05, 4.69) is 20.1 Å². The van der Waals surface area contributed by atoms with Gasteiger partial charge in [0, 0.05) is 5.56 Å². The number of fused-ring (bicyclic) bond motifs is 2. The van der Waals surface area contributed by atoms with Gasteiger partial charge in [-0.25, -0.2) is 13.1 Å². The number of anilines is 3. The Kier molecular flexibility index (Phi) is 4.76. The summed E-state index contributed by atoms with van der Waals surface area (Å²) < 4.78 is 32.5. The monoisotopic (exact) mass is 444 g/mol. The van der Waals surface area contributed by atoms with Gasteiger partial charge in [0.2, 0.25) is 5.95 Å². The van der Waals surface area contributed by atoms with Gasteiger partial charge in [-0.2, -0.15) is 20.1 Å². The molecular weight excluding hydrogens is 420 g/mol. The highest BCUT2D eigenvalue weighted by Gasteiger charge is 2.42. The molecule has 0 radical (unpaired) electrons. The molecule has 1 saturated heterocycles. The largest absolute Gasteiger partial charge is 0.424 e. The summed E-state index contributed by atoms with van der Waals surface area (Å²) in [6.07, 6.45) is 1.27. The van der Waals surface area contributed by atoms with E-state index >= 15 is 0 Å². The minimum absolute atomic E-state index is 0. The first-order valence-corrected chi connectivity index (χ1v) is 11.2. The summed E-state index contributed by atoms with van der Waals surface area (Å²) >= 11 is 0. The van der Waals surface area contributed by atoms with Crippen LogP contribution < -0.4 is 17.2 Å². The van der Waals surface area contributed by atoms with Gasteiger partial charge in [-0.15, -0.1) is 0 Å². The van der Waals surface area contributed by atoms with Crippen LogP contribution in [0.3, 0.4) is 0 Å². The summed E-state index contributed by atoms with van der Waals surface area (Å²) in [6, 6.07) is 5.29. The van der Waals surface area contributed by atoms with Crippen molar-refractivity contribution in [3.63, 3.8) is 0 Å². The van der Waals surface area contributed by atoms with Crippen LogP contribution in [0.4, 0.5) is 17.8 Å². The molecule has 2 atom stereocenters. The molecular formula is C19H24N8O3S. The molecule has 0 spiro atoms. The van der Waals surface area contributed by atoms with Gasteiger partial charge in [0.25, 0.3) is 6.01 Å². The number of nitrogens with two attached hydrogens (primary N) is 3. The fraction of sp³-hybridized carbons (Fsp3) is 0.368. The van der Waals surface area contributed by atoms with E-state index in [9.17, 15) is 8.42 Å². The molecule has 1 aliphatic heterocycles. The number of oxazole rings is 1. The van der Waals surface area contributed by atoms with E-state index in [1.165, 1.54) is 4.68 Å². The zero-order chi connectivity index (χ0) is 21.2. The predicted molar refractivity (Wildman–Crippen MR) is 120 cm³/mol. The van der Waals surface area contributed by atoms with Gasteiger partial charge in [0.15, 0.2) is 26.4 Å². The number of aromatic nitrogens is 5. The third kappa shape index (κ3) is 3.14. The standard InChI is InChI=1S/C18H20N8O3S.CH4/c1-2-8-5-6-30(27,28)16(8)26-15-12(14(19)23-17(20)24-15)13(25-26)9-3-4-11-10(7-9)22-18(21)29-11;/h3-4,7-8,16H,2,5-6H2,1H3,(H2,21,22)(H4,19,20,23,24);1H4. The first kappa shape index (κ1) is 20.8. The average Bonchev–Trinajstić information content (AvgIpc) is 3.32. The van der Waals surface area contributed by atoms with Gasteiger partial charge >= 0.3 is 0 Å². The smallest absolute Gasteiger partial charge is 0.292 e. The third-order valence-corrected chi connectivity index (χ3v) is 7.71. The van der Waals surface area contributed by atoms with Crippen molar-refractivity contribution >= 4 is 49.8 Å². The quantitative estimate of drug-likeness (QED) is 0.424. The van der Waals surface area contributed by atoms with Crippen molar-refractivity contribution in [1.82, 2.24) is 24.7 Å². The number of sulfone groups is 1. The van der Waals surface area contributed by atoms with Gasteiger partial charge in [-0.1, -0.05) is 20.8 Å².